The van der Waals surface area contributed by atoms with Gasteiger partial charge in [0.05, 0.1) is 6.04 Å². The van der Waals surface area contributed by atoms with Crippen LogP contribution in [0, 0.1) is 13.8 Å². The Morgan fingerprint density at radius 3 is 2.80 bits per heavy atom. The number of benzene rings is 1. The molecule has 0 saturated heterocycles. The fraction of sp³-hybridized carbons (Fsp3) is 0.375. The Morgan fingerprint density at radius 1 is 1.35 bits per heavy atom. The topological polar surface area (TPSA) is 46.9 Å². The maximum Gasteiger partial charge on any atom is 0.347 e. The summed E-state index contributed by atoms with van der Waals surface area (Å²) in [5.74, 6) is 0. The van der Waals surface area contributed by atoms with Crippen LogP contribution in [0.5, 0.6) is 0 Å². The van der Waals surface area contributed by atoms with Gasteiger partial charge in [-0.25, -0.2) is 9.78 Å². The van der Waals surface area contributed by atoms with Gasteiger partial charge >= 0.3 is 5.69 Å². The van der Waals surface area contributed by atoms with Gasteiger partial charge in [-0.3, -0.25) is 4.57 Å². The Hall–Kier alpha value is -1.94. The molecule has 0 spiro atoms. The molecule has 4 nitrogen and oxygen atoms in total. The second-order valence-corrected chi connectivity index (χ2v) is 5.02. The molecule has 0 aliphatic heterocycles. The highest BCUT2D eigenvalue weighted by Crippen LogP contribution is 2.20. The first-order chi connectivity index (χ1) is 9.61. The van der Waals surface area contributed by atoms with Gasteiger partial charge in [-0.15, -0.1) is 0 Å². The molecule has 4 heteroatoms. The van der Waals surface area contributed by atoms with E-state index in [0.29, 0.717) is 6.54 Å². The molecule has 1 aromatic carbocycles. The van der Waals surface area contributed by atoms with Crippen molar-refractivity contribution in [2.24, 2.45) is 0 Å². The molecule has 0 bridgehead atoms. The first-order valence-corrected chi connectivity index (χ1v) is 6.93. The van der Waals surface area contributed by atoms with E-state index in [9.17, 15) is 4.79 Å². The van der Waals surface area contributed by atoms with E-state index < -0.39 is 0 Å². The molecule has 1 unspecified atom stereocenters. The third kappa shape index (κ3) is 3.33. The van der Waals surface area contributed by atoms with E-state index in [4.69, 9.17) is 0 Å². The highest BCUT2D eigenvalue weighted by Gasteiger charge is 2.14. The Kier molecular flexibility index (Phi) is 4.69. The molecule has 2 rings (SSSR count). The minimum Gasteiger partial charge on any atom is -0.309 e. The fourth-order valence-corrected chi connectivity index (χ4v) is 2.46. The summed E-state index contributed by atoms with van der Waals surface area (Å²) in [6.45, 7) is 7.71. The molecule has 0 aliphatic rings. The summed E-state index contributed by atoms with van der Waals surface area (Å²) in [6, 6.07) is 8.32. The lowest BCUT2D eigenvalue weighted by Gasteiger charge is -2.21. The molecule has 1 N–H and O–H groups in total. The van der Waals surface area contributed by atoms with Crippen LogP contribution in [0.1, 0.15) is 29.7 Å². The molecule has 2 aromatic rings. The molecule has 1 aromatic heterocycles. The highest BCUT2D eigenvalue weighted by atomic mass is 16.1. The average Bonchev–Trinajstić information content (AvgIpc) is 2.41. The normalized spacial score (nSPS) is 12.3. The molecular weight excluding hydrogens is 250 g/mol. The molecule has 1 heterocycles. The van der Waals surface area contributed by atoms with Gasteiger partial charge in [-0.05, 0) is 37.6 Å². The van der Waals surface area contributed by atoms with Crippen molar-refractivity contribution < 1.29 is 0 Å². The summed E-state index contributed by atoms with van der Waals surface area (Å²) in [6.07, 6.45) is 3.31. The zero-order valence-corrected chi connectivity index (χ0v) is 12.3. The standard InChI is InChI=1S/C16H21N3O/c1-4-17-15(11-19-9-5-8-18-16(19)20)14-7-6-12(2)10-13(14)3/h5-10,15,17H,4,11H2,1-3H3. The highest BCUT2D eigenvalue weighted by molar-refractivity contribution is 5.32. The van der Waals surface area contributed by atoms with Gasteiger partial charge in [0.2, 0.25) is 0 Å². The van der Waals surface area contributed by atoms with Gasteiger partial charge < -0.3 is 5.32 Å². The number of aryl methyl sites for hydroxylation is 2. The van der Waals surface area contributed by atoms with Gasteiger partial charge in [0.15, 0.2) is 0 Å². The molecule has 0 fully saturated rings. The van der Waals surface area contributed by atoms with E-state index in [1.54, 1.807) is 16.8 Å². The summed E-state index contributed by atoms with van der Waals surface area (Å²) < 4.78 is 1.65. The van der Waals surface area contributed by atoms with Crippen molar-refractivity contribution in [2.75, 3.05) is 6.54 Å². The van der Waals surface area contributed by atoms with Crippen LogP contribution < -0.4 is 11.0 Å². The maximum absolute atomic E-state index is 11.8. The molecule has 20 heavy (non-hydrogen) atoms. The number of rotatable bonds is 5. The predicted molar refractivity (Wildman–Crippen MR) is 80.8 cm³/mol. The van der Waals surface area contributed by atoms with Crippen LogP contribution in [0.3, 0.4) is 0 Å². The van der Waals surface area contributed by atoms with Crippen LogP contribution in [-0.4, -0.2) is 16.1 Å². The maximum atomic E-state index is 11.8. The lowest BCUT2D eigenvalue weighted by Crippen LogP contribution is -2.31. The zero-order chi connectivity index (χ0) is 14.5. The lowest BCUT2D eigenvalue weighted by atomic mass is 9.99. The van der Waals surface area contributed by atoms with Crippen LogP contribution in [0.4, 0.5) is 0 Å². The quantitative estimate of drug-likeness (QED) is 0.907. The van der Waals surface area contributed by atoms with Crippen molar-refractivity contribution in [3.63, 3.8) is 0 Å². The van der Waals surface area contributed by atoms with Crippen molar-refractivity contribution in [2.45, 2.75) is 33.4 Å². The van der Waals surface area contributed by atoms with Crippen molar-refractivity contribution in [1.29, 1.82) is 0 Å². The van der Waals surface area contributed by atoms with Gasteiger partial charge in [0.25, 0.3) is 0 Å². The van der Waals surface area contributed by atoms with Gasteiger partial charge in [-0.1, -0.05) is 30.7 Å². The summed E-state index contributed by atoms with van der Waals surface area (Å²) in [5, 5.41) is 3.45. The summed E-state index contributed by atoms with van der Waals surface area (Å²) >= 11 is 0. The Balaban J connectivity index is 2.32. The third-order valence-corrected chi connectivity index (χ3v) is 3.41. The lowest BCUT2D eigenvalue weighted by molar-refractivity contribution is 0.460. The number of hydrogen-bond acceptors (Lipinski definition) is 3. The zero-order valence-electron chi connectivity index (χ0n) is 12.3. The summed E-state index contributed by atoms with van der Waals surface area (Å²) in [5.41, 5.74) is 3.52. The SMILES string of the molecule is CCNC(Cn1cccnc1=O)c1ccc(C)cc1C. The summed E-state index contributed by atoms with van der Waals surface area (Å²) in [7, 11) is 0. The van der Waals surface area contributed by atoms with Gasteiger partial charge in [-0.2, -0.15) is 0 Å². The van der Waals surface area contributed by atoms with E-state index in [2.05, 4.69) is 49.3 Å². The smallest absolute Gasteiger partial charge is 0.309 e. The van der Waals surface area contributed by atoms with Crippen LogP contribution in [0.2, 0.25) is 0 Å². The molecule has 0 saturated carbocycles. The van der Waals surface area contributed by atoms with E-state index >= 15 is 0 Å². The Morgan fingerprint density at radius 2 is 2.15 bits per heavy atom. The predicted octanol–water partition coefficient (Wildman–Crippen LogP) is 2.21. The first kappa shape index (κ1) is 14.5. The van der Waals surface area contributed by atoms with Crippen molar-refractivity contribution in [1.82, 2.24) is 14.9 Å². The van der Waals surface area contributed by atoms with E-state index in [1.807, 2.05) is 0 Å². The average molecular weight is 271 g/mol. The Bertz CT molecular complexity index is 634. The minimum atomic E-state index is -0.208. The largest absolute Gasteiger partial charge is 0.347 e. The molecular formula is C16H21N3O. The Labute approximate surface area is 119 Å². The number of hydrogen-bond donors (Lipinski definition) is 1. The van der Waals surface area contributed by atoms with Crippen LogP contribution in [0.15, 0.2) is 41.5 Å². The van der Waals surface area contributed by atoms with Crippen molar-refractivity contribution in [3.8, 4) is 0 Å². The van der Waals surface area contributed by atoms with Gasteiger partial charge in [0, 0.05) is 18.9 Å². The van der Waals surface area contributed by atoms with E-state index in [0.717, 1.165) is 6.54 Å². The second kappa shape index (κ2) is 6.48. The number of nitrogens with zero attached hydrogens (tertiary/aromatic N) is 2. The van der Waals surface area contributed by atoms with Crippen LogP contribution >= 0.6 is 0 Å². The van der Waals surface area contributed by atoms with E-state index in [1.165, 1.54) is 22.9 Å². The van der Waals surface area contributed by atoms with Crippen LogP contribution in [0.25, 0.3) is 0 Å². The monoisotopic (exact) mass is 271 g/mol. The number of likely N-dealkylation sites (N-methyl/N-ethyl adjacent to an activating group) is 1. The molecule has 0 amide bonds. The second-order valence-electron chi connectivity index (χ2n) is 5.02. The minimum absolute atomic E-state index is 0.113. The van der Waals surface area contributed by atoms with Gasteiger partial charge in [0.1, 0.15) is 0 Å². The van der Waals surface area contributed by atoms with Crippen molar-refractivity contribution >= 4 is 0 Å². The first-order valence-electron chi connectivity index (χ1n) is 6.93. The fourth-order valence-electron chi connectivity index (χ4n) is 2.46. The summed E-state index contributed by atoms with van der Waals surface area (Å²) in [4.78, 5) is 15.6. The molecule has 1 atom stereocenters. The molecule has 0 aliphatic carbocycles. The number of nitrogens with one attached hydrogen (secondary N) is 1. The van der Waals surface area contributed by atoms with Crippen molar-refractivity contribution in [3.05, 3.63) is 63.8 Å². The molecule has 0 radical (unpaired) electrons. The third-order valence-electron chi connectivity index (χ3n) is 3.41. The number of aromatic nitrogens is 2. The van der Waals surface area contributed by atoms with Crippen LogP contribution in [-0.2, 0) is 6.54 Å². The molecule has 106 valence electrons. The van der Waals surface area contributed by atoms with E-state index in [-0.39, 0.29) is 11.7 Å².